The molecule has 2 atom stereocenters. The van der Waals surface area contributed by atoms with Gasteiger partial charge in [0.25, 0.3) is 0 Å². The third-order valence-corrected chi connectivity index (χ3v) is 9.51. The molecule has 0 saturated heterocycles. The minimum Gasteiger partial charge on any atom is -0.299 e. The predicted molar refractivity (Wildman–Crippen MR) is 118 cm³/mol. The highest BCUT2D eigenvalue weighted by Crippen LogP contribution is 2.64. The molecule has 2 aliphatic rings. The Morgan fingerprint density at radius 1 is 1.14 bits per heavy atom. The molecule has 0 radical (unpaired) electrons. The summed E-state index contributed by atoms with van der Waals surface area (Å²) in [5.41, 5.74) is -0.528. The van der Waals surface area contributed by atoms with Gasteiger partial charge < -0.3 is 0 Å². The van der Waals surface area contributed by atoms with Gasteiger partial charge in [-0.3, -0.25) is 9.52 Å². The van der Waals surface area contributed by atoms with Gasteiger partial charge in [0, 0.05) is 21.2 Å². The first-order chi connectivity index (χ1) is 13.6. The van der Waals surface area contributed by atoms with E-state index in [1.54, 1.807) is 24.3 Å². The maximum atomic E-state index is 13.1. The average Bonchev–Trinajstić information content (AvgIpc) is 2.99. The maximum Gasteiger partial charge on any atom is 0.233 e. The van der Waals surface area contributed by atoms with Crippen molar-refractivity contribution >= 4 is 44.9 Å². The number of para-hydroxylation sites is 1. The first-order valence-electron chi connectivity index (χ1n) is 9.69. The second-order valence-electron chi connectivity index (χ2n) is 8.58. The molecule has 4 nitrogen and oxygen atoms in total. The van der Waals surface area contributed by atoms with Gasteiger partial charge in [0.1, 0.15) is 5.78 Å². The Morgan fingerprint density at radius 3 is 2.45 bits per heavy atom. The molecule has 0 heterocycles. The summed E-state index contributed by atoms with van der Waals surface area (Å²) in [7, 11) is -3.69. The van der Waals surface area contributed by atoms with Gasteiger partial charge in [0.15, 0.2) is 0 Å². The van der Waals surface area contributed by atoms with E-state index in [0.717, 1.165) is 16.2 Å². The normalized spacial score (nSPS) is 25.3. The molecule has 0 aromatic heterocycles. The second kappa shape index (κ2) is 7.33. The van der Waals surface area contributed by atoms with Crippen molar-refractivity contribution in [2.75, 3.05) is 10.5 Å². The van der Waals surface area contributed by atoms with E-state index in [4.69, 9.17) is 11.6 Å². The van der Waals surface area contributed by atoms with Gasteiger partial charge in [-0.15, -0.1) is 0 Å². The van der Waals surface area contributed by atoms with Crippen molar-refractivity contribution in [2.45, 2.75) is 42.9 Å². The molecule has 0 aliphatic heterocycles. The third-order valence-electron chi connectivity index (χ3n) is 6.77. The van der Waals surface area contributed by atoms with Crippen molar-refractivity contribution in [3.63, 3.8) is 0 Å². The second-order valence-corrected chi connectivity index (χ2v) is 11.9. The van der Waals surface area contributed by atoms with Gasteiger partial charge in [-0.2, -0.15) is 0 Å². The quantitative estimate of drug-likeness (QED) is 0.620. The Balaban J connectivity index is 1.58. The Kier molecular flexibility index (Phi) is 5.24. The Morgan fingerprint density at radius 2 is 1.83 bits per heavy atom. The Hall–Kier alpha value is -1.50. The van der Waals surface area contributed by atoms with Crippen LogP contribution in [0.2, 0.25) is 5.02 Å². The lowest BCUT2D eigenvalue weighted by molar-refractivity contribution is -0.128. The lowest BCUT2D eigenvalue weighted by atomic mass is 9.70. The zero-order valence-corrected chi connectivity index (χ0v) is 18.8. The van der Waals surface area contributed by atoms with E-state index in [0.29, 0.717) is 23.6 Å². The molecule has 2 aliphatic carbocycles. The van der Waals surface area contributed by atoms with Crippen LogP contribution in [0.1, 0.15) is 33.1 Å². The van der Waals surface area contributed by atoms with E-state index in [-0.39, 0.29) is 22.9 Å². The van der Waals surface area contributed by atoms with E-state index in [9.17, 15) is 13.2 Å². The molecule has 4 rings (SSSR count). The van der Waals surface area contributed by atoms with Crippen LogP contribution < -0.4 is 4.72 Å². The van der Waals surface area contributed by atoms with E-state index in [1.165, 1.54) is 11.8 Å². The first-order valence-corrected chi connectivity index (χ1v) is 12.5. The van der Waals surface area contributed by atoms with Crippen LogP contribution >= 0.6 is 23.4 Å². The van der Waals surface area contributed by atoms with E-state index < -0.39 is 15.4 Å². The van der Waals surface area contributed by atoms with Gasteiger partial charge in [0.05, 0.1) is 16.9 Å². The summed E-state index contributed by atoms with van der Waals surface area (Å²) in [6.45, 7) is 4.10. The molecule has 2 fully saturated rings. The molecule has 2 aromatic rings. The lowest BCUT2D eigenvalue weighted by Gasteiger charge is -2.36. The fourth-order valence-electron chi connectivity index (χ4n) is 4.91. The van der Waals surface area contributed by atoms with Gasteiger partial charge in [0.2, 0.25) is 10.0 Å². The SMILES string of the molecule is CC1(C)[C@@H]2CC[C@]1(CS(=O)(=O)Nc1ccccc1Sc1ccc(Cl)cc1)C(=O)C2. The molecule has 154 valence electrons. The predicted octanol–water partition coefficient (Wildman–Crippen LogP) is 5.63. The van der Waals surface area contributed by atoms with Gasteiger partial charge in [-0.25, -0.2) is 8.42 Å². The number of ketones is 1. The fourth-order valence-corrected chi connectivity index (χ4v) is 7.91. The molecule has 2 bridgehead atoms. The van der Waals surface area contributed by atoms with Crippen LogP contribution in [0.15, 0.2) is 58.3 Å². The van der Waals surface area contributed by atoms with Crippen molar-refractivity contribution in [2.24, 2.45) is 16.7 Å². The highest BCUT2D eigenvalue weighted by atomic mass is 35.5. The number of hydrogen-bond acceptors (Lipinski definition) is 4. The first kappa shape index (κ1) is 20.8. The molecule has 0 spiro atoms. The molecular formula is C22H24ClNO3S2. The number of fused-ring (bicyclic) bond motifs is 2. The number of nitrogens with one attached hydrogen (secondary N) is 1. The standard InChI is InChI=1S/C22H24ClNO3S2/c1-21(2)15-11-12-22(21,20(25)13-15)14-29(26,27)24-18-5-3-4-6-19(18)28-17-9-7-16(23)8-10-17/h3-10,15,24H,11-14H2,1-2H3/t15-,22+/m1/s1. The van der Waals surface area contributed by atoms with Crippen molar-refractivity contribution < 1.29 is 13.2 Å². The number of hydrogen-bond donors (Lipinski definition) is 1. The van der Waals surface area contributed by atoms with Crippen molar-refractivity contribution in [1.29, 1.82) is 0 Å². The Labute approximate surface area is 181 Å². The minimum atomic E-state index is -3.69. The number of sulfonamides is 1. The topological polar surface area (TPSA) is 63.2 Å². The lowest BCUT2D eigenvalue weighted by Crippen LogP contribution is -2.43. The van der Waals surface area contributed by atoms with E-state index in [2.05, 4.69) is 18.6 Å². The van der Waals surface area contributed by atoms with Crippen LogP contribution in [-0.2, 0) is 14.8 Å². The monoisotopic (exact) mass is 449 g/mol. The van der Waals surface area contributed by atoms with Crippen LogP contribution in [0, 0.1) is 16.7 Å². The highest BCUT2D eigenvalue weighted by molar-refractivity contribution is 7.99. The summed E-state index contributed by atoms with van der Waals surface area (Å²) in [5, 5.41) is 0.654. The number of rotatable bonds is 6. The van der Waals surface area contributed by atoms with Gasteiger partial charge in [-0.05, 0) is 60.6 Å². The number of carbonyl (C=O) groups is 1. The van der Waals surface area contributed by atoms with Crippen LogP contribution in [0.25, 0.3) is 0 Å². The fraction of sp³-hybridized carbons (Fsp3) is 0.409. The highest BCUT2D eigenvalue weighted by Gasteiger charge is 2.65. The number of carbonyl (C=O) groups excluding carboxylic acids is 1. The smallest absolute Gasteiger partial charge is 0.233 e. The van der Waals surface area contributed by atoms with E-state index >= 15 is 0 Å². The number of Topliss-reactive ketones (excluding diaryl/α,β-unsaturated/α-hetero) is 1. The maximum absolute atomic E-state index is 13.1. The number of anilines is 1. The summed E-state index contributed by atoms with van der Waals surface area (Å²) in [6.07, 6.45) is 2.09. The van der Waals surface area contributed by atoms with Crippen LogP contribution in [0.3, 0.4) is 0 Å². The molecule has 29 heavy (non-hydrogen) atoms. The molecule has 1 N–H and O–H groups in total. The summed E-state index contributed by atoms with van der Waals surface area (Å²) in [5.74, 6) is 0.244. The zero-order valence-electron chi connectivity index (χ0n) is 16.4. The molecule has 0 unspecified atom stereocenters. The summed E-state index contributed by atoms with van der Waals surface area (Å²) in [4.78, 5) is 14.5. The van der Waals surface area contributed by atoms with Crippen LogP contribution in [0.5, 0.6) is 0 Å². The van der Waals surface area contributed by atoms with Gasteiger partial charge >= 0.3 is 0 Å². The van der Waals surface area contributed by atoms with Crippen LogP contribution in [0.4, 0.5) is 5.69 Å². The average molecular weight is 450 g/mol. The zero-order chi connectivity index (χ0) is 20.9. The molecular weight excluding hydrogens is 426 g/mol. The summed E-state index contributed by atoms with van der Waals surface area (Å²) in [6, 6.07) is 14.7. The van der Waals surface area contributed by atoms with Crippen LogP contribution in [-0.4, -0.2) is 20.0 Å². The molecule has 2 saturated carbocycles. The third kappa shape index (κ3) is 3.71. The summed E-state index contributed by atoms with van der Waals surface area (Å²) >= 11 is 7.42. The van der Waals surface area contributed by atoms with Gasteiger partial charge in [-0.1, -0.05) is 49.3 Å². The summed E-state index contributed by atoms with van der Waals surface area (Å²) < 4.78 is 29.0. The molecule has 2 aromatic carbocycles. The minimum absolute atomic E-state index is 0.105. The number of halogens is 1. The van der Waals surface area contributed by atoms with Crippen molar-refractivity contribution in [3.8, 4) is 0 Å². The number of benzene rings is 2. The molecule has 7 heteroatoms. The van der Waals surface area contributed by atoms with Crippen molar-refractivity contribution in [3.05, 3.63) is 53.6 Å². The largest absolute Gasteiger partial charge is 0.299 e. The van der Waals surface area contributed by atoms with Crippen molar-refractivity contribution in [1.82, 2.24) is 0 Å². The van der Waals surface area contributed by atoms with E-state index in [1.807, 2.05) is 24.3 Å². The molecule has 0 amide bonds. The Bertz CT molecular complexity index is 1050.